The quantitative estimate of drug-likeness (QED) is 0.741. The minimum atomic E-state index is -0.785. The van der Waals surface area contributed by atoms with Crippen molar-refractivity contribution >= 4 is 5.97 Å². The Morgan fingerprint density at radius 1 is 1.57 bits per heavy atom. The first-order valence-electron chi connectivity index (χ1n) is 4.49. The summed E-state index contributed by atoms with van der Waals surface area (Å²) >= 11 is 0. The molecule has 1 aromatic heterocycles. The van der Waals surface area contributed by atoms with E-state index in [1.165, 1.54) is 0 Å². The second kappa shape index (κ2) is 3.06. The van der Waals surface area contributed by atoms with Gasteiger partial charge in [-0.1, -0.05) is 0 Å². The van der Waals surface area contributed by atoms with Crippen molar-refractivity contribution in [2.75, 3.05) is 0 Å². The molecule has 0 aromatic carbocycles. The van der Waals surface area contributed by atoms with Crippen LogP contribution in [-0.4, -0.2) is 21.2 Å². The zero-order valence-corrected chi connectivity index (χ0v) is 7.60. The Morgan fingerprint density at radius 2 is 2.29 bits per heavy atom. The molecule has 0 saturated heterocycles. The van der Waals surface area contributed by atoms with Crippen LogP contribution in [-0.2, 0) is 16.8 Å². The molecule has 1 heterocycles. The van der Waals surface area contributed by atoms with Crippen LogP contribution < -0.4 is 0 Å². The van der Waals surface area contributed by atoms with Gasteiger partial charge in [-0.25, -0.2) is 0 Å². The Labute approximate surface area is 81.2 Å². The lowest BCUT2D eigenvalue weighted by Crippen LogP contribution is -2.19. The number of nitrogens with zero attached hydrogens (tertiary/aromatic N) is 1. The van der Waals surface area contributed by atoms with E-state index in [1.54, 1.807) is 18.3 Å². The van der Waals surface area contributed by atoms with Crippen molar-refractivity contribution in [1.29, 1.82) is 0 Å². The highest BCUT2D eigenvalue weighted by Crippen LogP contribution is 2.48. The van der Waals surface area contributed by atoms with Crippen molar-refractivity contribution in [2.24, 2.45) is 0 Å². The van der Waals surface area contributed by atoms with Crippen LogP contribution in [0.25, 0.3) is 0 Å². The highest BCUT2D eigenvalue weighted by molar-refractivity contribution is 5.84. The van der Waals surface area contributed by atoms with Crippen LogP contribution in [0.2, 0.25) is 0 Å². The van der Waals surface area contributed by atoms with Gasteiger partial charge in [0.25, 0.3) is 0 Å². The molecule has 14 heavy (non-hydrogen) atoms. The van der Waals surface area contributed by atoms with E-state index in [0.29, 0.717) is 18.5 Å². The monoisotopic (exact) mass is 193 g/mol. The van der Waals surface area contributed by atoms with E-state index in [0.717, 1.165) is 5.56 Å². The van der Waals surface area contributed by atoms with Gasteiger partial charge in [-0.05, 0) is 30.5 Å². The zero-order chi connectivity index (χ0) is 10.2. The third kappa shape index (κ3) is 1.28. The normalized spacial score (nSPS) is 17.8. The SMILES string of the molecule is O=C(O)C1(c2ccnc(CO)c2)CC1. The van der Waals surface area contributed by atoms with Crippen molar-refractivity contribution in [2.45, 2.75) is 24.9 Å². The van der Waals surface area contributed by atoms with Crippen LogP contribution in [0.5, 0.6) is 0 Å². The molecule has 1 aromatic rings. The molecular formula is C10H11NO3. The first-order chi connectivity index (χ1) is 6.69. The molecule has 1 saturated carbocycles. The van der Waals surface area contributed by atoms with Crippen molar-refractivity contribution in [3.63, 3.8) is 0 Å². The number of hydrogen-bond acceptors (Lipinski definition) is 3. The van der Waals surface area contributed by atoms with E-state index >= 15 is 0 Å². The van der Waals surface area contributed by atoms with Gasteiger partial charge >= 0.3 is 5.97 Å². The molecule has 4 heteroatoms. The number of pyridine rings is 1. The van der Waals surface area contributed by atoms with Crippen LogP contribution >= 0.6 is 0 Å². The average molecular weight is 193 g/mol. The van der Waals surface area contributed by atoms with Gasteiger partial charge in [0, 0.05) is 6.20 Å². The van der Waals surface area contributed by atoms with Gasteiger partial charge in [0.05, 0.1) is 17.7 Å². The maximum absolute atomic E-state index is 11.0. The third-order valence-electron chi connectivity index (χ3n) is 2.69. The molecule has 0 amide bonds. The number of aliphatic carboxylic acids is 1. The lowest BCUT2D eigenvalue weighted by Gasteiger charge is -2.10. The first kappa shape index (κ1) is 9.15. The molecule has 1 aliphatic carbocycles. The lowest BCUT2D eigenvalue weighted by molar-refractivity contribution is -0.140. The summed E-state index contributed by atoms with van der Waals surface area (Å²) in [6.07, 6.45) is 2.90. The summed E-state index contributed by atoms with van der Waals surface area (Å²) in [6, 6.07) is 3.38. The van der Waals surface area contributed by atoms with Gasteiger partial charge in [-0.2, -0.15) is 0 Å². The van der Waals surface area contributed by atoms with Gasteiger partial charge < -0.3 is 10.2 Å². The predicted octanol–water partition coefficient (Wildman–Crippen LogP) is 0.690. The Balaban J connectivity index is 2.37. The van der Waals surface area contributed by atoms with Crippen molar-refractivity contribution in [3.05, 3.63) is 29.6 Å². The molecule has 0 aliphatic heterocycles. The van der Waals surface area contributed by atoms with Crippen LogP contribution in [0, 0.1) is 0 Å². The molecule has 1 fully saturated rings. The summed E-state index contributed by atoms with van der Waals surface area (Å²) in [5.74, 6) is -0.785. The van der Waals surface area contributed by atoms with Gasteiger partial charge in [-0.15, -0.1) is 0 Å². The molecule has 0 spiro atoms. The molecule has 0 atom stereocenters. The van der Waals surface area contributed by atoms with Crippen LogP contribution in [0.4, 0.5) is 0 Å². The molecule has 0 bridgehead atoms. The van der Waals surface area contributed by atoms with Crippen molar-refractivity contribution < 1.29 is 15.0 Å². The van der Waals surface area contributed by atoms with E-state index in [4.69, 9.17) is 10.2 Å². The molecule has 74 valence electrons. The largest absolute Gasteiger partial charge is 0.481 e. The number of carboxylic acids is 1. The van der Waals surface area contributed by atoms with Gasteiger partial charge in [0.2, 0.25) is 0 Å². The fourth-order valence-corrected chi connectivity index (χ4v) is 1.61. The summed E-state index contributed by atoms with van der Waals surface area (Å²) in [6.45, 7) is -0.149. The maximum Gasteiger partial charge on any atom is 0.314 e. The van der Waals surface area contributed by atoms with Gasteiger partial charge in [0.1, 0.15) is 0 Å². The summed E-state index contributed by atoms with van der Waals surface area (Å²) in [7, 11) is 0. The summed E-state index contributed by atoms with van der Waals surface area (Å²) < 4.78 is 0. The number of rotatable bonds is 3. The topological polar surface area (TPSA) is 70.4 Å². The number of carboxylic acid groups (broad SMARTS) is 1. The summed E-state index contributed by atoms with van der Waals surface area (Å²) in [5, 5.41) is 17.9. The van der Waals surface area contributed by atoms with Crippen LogP contribution in [0.1, 0.15) is 24.1 Å². The molecule has 2 N–H and O–H groups in total. The molecule has 1 aliphatic rings. The smallest absolute Gasteiger partial charge is 0.314 e. The van der Waals surface area contributed by atoms with E-state index < -0.39 is 11.4 Å². The minimum Gasteiger partial charge on any atom is -0.481 e. The Hall–Kier alpha value is -1.42. The van der Waals surface area contributed by atoms with Gasteiger partial charge in [-0.3, -0.25) is 9.78 Å². The van der Waals surface area contributed by atoms with Gasteiger partial charge in [0.15, 0.2) is 0 Å². The lowest BCUT2D eigenvalue weighted by atomic mass is 9.97. The number of aliphatic hydroxyl groups excluding tert-OH is 1. The van der Waals surface area contributed by atoms with E-state index in [9.17, 15) is 4.79 Å². The highest BCUT2D eigenvalue weighted by Gasteiger charge is 2.51. The predicted molar refractivity (Wildman–Crippen MR) is 48.7 cm³/mol. The molecular weight excluding hydrogens is 182 g/mol. The number of aromatic nitrogens is 1. The molecule has 0 radical (unpaired) electrons. The Morgan fingerprint density at radius 3 is 2.79 bits per heavy atom. The minimum absolute atomic E-state index is 0.149. The molecule has 4 nitrogen and oxygen atoms in total. The molecule has 2 rings (SSSR count). The summed E-state index contributed by atoms with van der Waals surface area (Å²) in [5.41, 5.74) is 0.575. The van der Waals surface area contributed by atoms with Crippen molar-refractivity contribution in [3.8, 4) is 0 Å². The van der Waals surface area contributed by atoms with E-state index in [2.05, 4.69) is 4.98 Å². The molecule has 0 unspecified atom stereocenters. The zero-order valence-electron chi connectivity index (χ0n) is 7.60. The van der Waals surface area contributed by atoms with E-state index in [-0.39, 0.29) is 6.61 Å². The van der Waals surface area contributed by atoms with Crippen LogP contribution in [0.3, 0.4) is 0 Å². The van der Waals surface area contributed by atoms with Crippen LogP contribution in [0.15, 0.2) is 18.3 Å². The van der Waals surface area contributed by atoms with Crippen molar-refractivity contribution in [1.82, 2.24) is 4.98 Å². The number of aliphatic hydroxyl groups is 1. The fourth-order valence-electron chi connectivity index (χ4n) is 1.61. The fraction of sp³-hybridized carbons (Fsp3) is 0.400. The average Bonchev–Trinajstić information content (AvgIpc) is 2.98. The standard InChI is InChI=1S/C10H11NO3/c12-6-8-5-7(1-4-11-8)10(2-3-10)9(13)14/h1,4-5,12H,2-3,6H2,(H,13,14). The second-order valence-electron chi connectivity index (χ2n) is 3.58. The number of carbonyl (C=O) groups is 1. The second-order valence-corrected chi connectivity index (χ2v) is 3.58. The summed E-state index contributed by atoms with van der Waals surface area (Å²) in [4.78, 5) is 14.9. The van der Waals surface area contributed by atoms with E-state index in [1.807, 2.05) is 0 Å². The maximum atomic E-state index is 11.0. The highest BCUT2D eigenvalue weighted by atomic mass is 16.4. The number of hydrogen-bond donors (Lipinski definition) is 2. The first-order valence-corrected chi connectivity index (χ1v) is 4.49. The Kier molecular flexibility index (Phi) is 2.00. The Bertz CT molecular complexity index is 371. The third-order valence-corrected chi connectivity index (χ3v) is 2.69.